The number of aromatic nitrogens is 1. The Balaban J connectivity index is 1.60. The van der Waals surface area contributed by atoms with Gasteiger partial charge in [-0.3, -0.25) is 4.79 Å². The van der Waals surface area contributed by atoms with E-state index in [0.717, 1.165) is 42.8 Å². The van der Waals surface area contributed by atoms with Crippen LogP contribution in [0.1, 0.15) is 33.1 Å². The summed E-state index contributed by atoms with van der Waals surface area (Å²) in [6, 6.07) is 6.22. The van der Waals surface area contributed by atoms with Crippen molar-refractivity contribution in [3.05, 3.63) is 18.2 Å². The van der Waals surface area contributed by atoms with Crippen molar-refractivity contribution in [1.82, 2.24) is 10.3 Å². The molecule has 1 atom stereocenters. The Bertz CT molecular complexity index is 787. The number of piperidine rings is 1. The summed E-state index contributed by atoms with van der Waals surface area (Å²) >= 11 is 0. The number of hydrogen-bond acceptors (Lipinski definition) is 6. The first kappa shape index (κ1) is 19.5. The number of carbonyl (C=O) groups is 1. The number of ether oxygens (including phenoxy) is 2. The minimum absolute atomic E-state index is 0.0641. The van der Waals surface area contributed by atoms with E-state index in [1.165, 1.54) is 0 Å². The molecule has 0 radical (unpaired) electrons. The van der Waals surface area contributed by atoms with Crippen molar-refractivity contribution in [2.75, 3.05) is 38.8 Å². The smallest absolute Gasteiger partial charge is 0.298 e. The minimum Gasteiger partial charge on any atom is -0.497 e. The fraction of sp³-hybridized carbons (Fsp3) is 0.600. The first-order valence-corrected chi connectivity index (χ1v) is 9.41. The average molecular weight is 375 g/mol. The van der Waals surface area contributed by atoms with Crippen LogP contribution < -0.4 is 15.0 Å². The third-order valence-corrected chi connectivity index (χ3v) is 5.11. The highest BCUT2D eigenvalue weighted by Gasteiger charge is 2.26. The molecule has 1 aliphatic rings. The van der Waals surface area contributed by atoms with Crippen molar-refractivity contribution in [3.63, 3.8) is 0 Å². The second-order valence-corrected chi connectivity index (χ2v) is 7.73. The summed E-state index contributed by atoms with van der Waals surface area (Å²) in [6.07, 6.45) is 2.56. The highest BCUT2D eigenvalue weighted by atomic mass is 16.5. The molecule has 0 bridgehead atoms. The zero-order valence-corrected chi connectivity index (χ0v) is 16.6. The van der Waals surface area contributed by atoms with Gasteiger partial charge in [0.05, 0.1) is 12.7 Å². The van der Waals surface area contributed by atoms with E-state index in [9.17, 15) is 4.79 Å². The molecule has 2 aromatic rings. The van der Waals surface area contributed by atoms with Crippen LogP contribution in [0.15, 0.2) is 22.6 Å². The number of oxazole rings is 1. The molecule has 1 fully saturated rings. The summed E-state index contributed by atoms with van der Waals surface area (Å²) in [5.41, 5.74) is 1.17. The van der Waals surface area contributed by atoms with Gasteiger partial charge in [-0.05, 0) is 44.7 Å². The van der Waals surface area contributed by atoms with Crippen LogP contribution in [0, 0.1) is 5.92 Å². The summed E-state index contributed by atoms with van der Waals surface area (Å²) in [4.78, 5) is 19.0. The lowest BCUT2D eigenvalue weighted by molar-refractivity contribution is -0.123. The Morgan fingerprint density at radius 2 is 2.22 bits per heavy atom. The maximum Gasteiger partial charge on any atom is 0.298 e. The van der Waals surface area contributed by atoms with Gasteiger partial charge in [0.2, 0.25) is 5.91 Å². The monoisotopic (exact) mass is 375 g/mol. The molecule has 0 spiro atoms. The lowest BCUT2D eigenvalue weighted by atomic mass is 9.94. The van der Waals surface area contributed by atoms with Gasteiger partial charge in [0.1, 0.15) is 11.3 Å². The van der Waals surface area contributed by atoms with E-state index in [1.54, 1.807) is 14.2 Å². The van der Waals surface area contributed by atoms with E-state index in [4.69, 9.17) is 13.9 Å². The fourth-order valence-electron chi connectivity index (χ4n) is 3.28. The number of anilines is 1. The van der Waals surface area contributed by atoms with Crippen molar-refractivity contribution in [3.8, 4) is 5.75 Å². The van der Waals surface area contributed by atoms with Gasteiger partial charge in [-0.1, -0.05) is 0 Å². The van der Waals surface area contributed by atoms with E-state index in [0.29, 0.717) is 19.0 Å². The zero-order valence-electron chi connectivity index (χ0n) is 16.6. The first-order chi connectivity index (χ1) is 12.9. The predicted molar refractivity (Wildman–Crippen MR) is 104 cm³/mol. The SMILES string of the molecule is COc1ccc2oc(N3CCCC(CC(=O)NCC(C)(C)OC)C3)nc2c1. The molecular formula is C20H29N3O4. The van der Waals surface area contributed by atoms with Crippen LogP contribution in [-0.2, 0) is 9.53 Å². The second kappa shape index (κ2) is 8.17. The highest BCUT2D eigenvalue weighted by molar-refractivity contribution is 5.77. The molecule has 148 valence electrons. The summed E-state index contributed by atoms with van der Waals surface area (Å²) in [5.74, 6) is 1.11. The van der Waals surface area contributed by atoms with Gasteiger partial charge in [-0.2, -0.15) is 4.98 Å². The van der Waals surface area contributed by atoms with Crippen molar-refractivity contribution in [2.24, 2.45) is 5.92 Å². The molecule has 1 aliphatic heterocycles. The molecule has 2 heterocycles. The molecule has 3 rings (SSSR count). The van der Waals surface area contributed by atoms with E-state index in [2.05, 4.69) is 15.2 Å². The Morgan fingerprint density at radius 1 is 1.41 bits per heavy atom. The van der Waals surface area contributed by atoms with Crippen molar-refractivity contribution in [1.29, 1.82) is 0 Å². The molecule has 7 nitrogen and oxygen atoms in total. The molecule has 1 aromatic heterocycles. The molecule has 27 heavy (non-hydrogen) atoms. The first-order valence-electron chi connectivity index (χ1n) is 9.41. The van der Waals surface area contributed by atoms with Gasteiger partial charge in [0.25, 0.3) is 6.01 Å². The summed E-state index contributed by atoms with van der Waals surface area (Å²) in [5, 5.41) is 2.97. The number of nitrogens with zero attached hydrogens (tertiary/aromatic N) is 2. The molecule has 1 amide bonds. The Hall–Kier alpha value is -2.28. The van der Waals surface area contributed by atoms with Crippen LogP contribution in [0.3, 0.4) is 0 Å². The third-order valence-electron chi connectivity index (χ3n) is 5.11. The Morgan fingerprint density at radius 3 is 2.96 bits per heavy atom. The number of hydrogen-bond donors (Lipinski definition) is 1. The van der Waals surface area contributed by atoms with Gasteiger partial charge >= 0.3 is 0 Å². The molecule has 1 unspecified atom stereocenters. The molecule has 1 saturated heterocycles. The Labute approximate surface area is 160 Å². The van der Waals surface area contributed by atoms with Gasteiger partial charge in [-0.25, -0.2) is 0 Å². The molecule has 0 saturated carbocycles. The van der Waals surface area contributed by atoms with E-state index >= 15 is 0 Å². The maximum absolute atomic E-state index is 12.3. The second-order valence-electron chi connectivity index (χ2n) is 7.73. The molecule has 0 aliphatic carbocycles. The van der Waals surface area contributed by atoms with Crippen LogP contribution in [-0.4, -0.2) is 50.3 Å². The van der Waals surface area contributed by atoms with Crippen LogP contribution in [0.25, 0.3) is 11.1 Å². The standard InChI is InChI=1S/C20H29N3O4/c1-20(2,26-4)13-21-18(24)10-14-6-5-9-23(12-14)19-22-16-11-15(25-3)7-8-17(16)27-19/h7-8,11,14H,5-6,9-10,12-13H2,1-4H3,(H,21,24). The van der Waals surface area contributed by atoms with Gasteiger partial charge in [0.15, 0.2) is 5.58 Å². The topological polar surface area (TPSA) is 76.8 Å². The number of rotatable bonds is 7. The van der Waals surface area contributed by atoms with E-state index < -0.39 is 0 Å². The normalized spacial score (nSPS) is 17.9. The number of amides is 1. The van der Waals surface area contributed by atoms with Crippen molar-refractivity contribution < 1.29 is 18.7 Å². The zero-order chi connectivity index (χ0) is 19.4. The lowest BCUT2D eigenvalue weighted by Crippen LogP contribution is -2.42. The van der Waals surface area contributed by atoms with Crippen LogP contribution in [0.2, 0.25) is 0 Å². The molecular weight excluding hydrogens is 346 g/mol. The largest absolute Gasteiger partial charge is 0.497 e. The highest BCUT2D eigenvalue weighted by Crippen LogP contribution is 2.29. The predicted octanol–water partition coefficient (Wildman–Crippen LogP) is 2.98. The van der Waals surface area contributed by atoms with Gasteiger partial charge < -0.3 is 24.1 Å². The van der Waals surface area contributed by atoms with Crippen LogP contribution in [0.5, 0.6) is 5.75 Å². The third kappa shape index (κ3) is 4.91. The molecule has 1 aromatic carbocycles. The lowest BCUT2D eigenvalue weighted by Gasteiger charge is -2.31. The number of benzene rings is 1. The summed E-state index contributed by atoms with van der Waals surface area (Å²) in [6.45, 7) is 6.07. The fourth-order valence-corrected chi connectivity index (χ4v) is 3.28. The number of carbonyl (C=O) groups excluding carboxylic acids is 1. The molecule has 7 heteroatoms. The summed E-state index contributed by atoms with van der Waals surface area (Å²) < 4.78 is 16.5. The van der Waals surface area contributed by atoms with Crippen LogP contribution >= 0.6 is 0 Å². The Kier molecular flexibility index (Phi) is 5.89. The van der Waals surface area contributed by atoms with Gasteiger partial charge in [-0.15, -0.1) is 0 Å². The minimum atomic E-state index is -0.354. The quantitative estimate of drug-likeness (QED) is 0.802. The average Bonchev–Trinajstić information content (AvgIpc) is 3.10. The van der Waals surface area contributed by atoms with E-state index in [1.807, 2.05) is 32.0 Å². The van der Waals surface area contributed by atoms with Crippen molar-refractivity contribution >= 4 is 23.0 Å². The number of methoxy groups -OCH3 is 2. The van der Waals surface area contributed by atoms with Gasteiger partial charge in [0, 0.05) is 39.2 Å². The van der Waals surface area contributed by atoms with Crippen molar-refractivity contribution in [2.45, 2.75) is 38.7 Å². The summed E-state index contributed by atoms with van der Waals surface area (Å²) in [7, 11) is 3.29. The maximum atomic E-state index is 12.3. The molecule has 1 N–H and O–H groups in total. The van der Waals surface area contributed by atoms with E-state index in [-0.39, 0.29) is 17.4 Å². The van der Waals surface area contributed by atoms with Crippen LogP contribution in [0.4, 0.5) is 6.01 Å². The number of fused-ring (bicyclic) bond motifs is 1. The number of nitrogens with one attached hydrogen (secondary N) is 1.